The highest BCUT2D eigenvalue weighted by Gasteiger charge is 2.66. The molecule has 0 radical (unpaired) electrons. The number of carbonyl (C=O) groups excluding carboxylic acids is 1. The molecule has 1 aliphatic rings. The van der Waals surface area contributed by atoms with E-state index in [-0.39, 0.29) is 46.4 Å². The first-order valence-electron chi connectivity index (χ1n) is 14.2. The van der Waals surface area contributed by atoms with Gasteiger partial charge in [-0.2, -0.15) is 21.0 Å². The quantitative estimate of drug-likeness (QED) is 0.292. The molecule has 12 heteroatoms. The summed E-state index contributed by atoms with van der Waals surface area (Å²) in [7, 11) is 0. The summed E-state index contributed by atoms with van der Waals surface area (Å²) >= 11 is 0. The molecule has 1 N–H and O–H groups in total. The molecule has 0 saturated heterocycles. The van der Waals surface area contributed by atoms with Crippen LogP contribution in [-0.2, 0) is 16.6 Å². The number of nitrogens with zero attached hydrogens (tertiary/aromatic N) is 5. The number of nitrogens with one attached hydrogen (secondary N) is 1. The Kier molecular flexibility index (Phi) is 7.77. The molecule has 0 bridgehead atoms. The zero-order valence-electron chi connectivity index (χ0n) is 24.6. The van der Waals surface area contributed by atoms with E-state index in [1.54, 1.807) is 31.2 Å². The van der Waals surface area contributed by atoms with Gasteiger partial charge in [-0.05, 0) is 63.1 Å². The van der Waals surface area contributed by atoms with Crippen molar-refractivity contribution in [2.45, 2.75) is 38.5 Å². The van der Waals surface area contributed by atoms with Crippen LogP contribution in [-0.4, -0.2) is 25.8 Å². The first-order chi connectivity index (χ1) is 21.7. The maximum absolute atomic E-state index is 13.6. The maximum Gasteiger partial charge on any atom is 0.411 e. The molecule has 1 atom stereocenters. The predicted octanol–water partition coefficient (Wildman–Crippen LogP) is 4.97. The number of rotatable bonds is 6. The average Bonchev–Trinajstić information content (AvgIpc) is 3.04. The third-order valence-electron chi connectivity index (χ3n) is 8.37. The molecule has 2 aromatic carbocycles. The number of fused-ring (bicyclic) bond motifs is 4. The minimum absolute atomic E-state index is 0.00692. The van der Waals surface area contributed by atoms with E-state index in [2.05, 4.69) is 10.2 Å². The zero-order chi connectivity index (χ0) is 32.5. The second-order valence-electron chi connectivity index (χ2n) is 10.4. The predicted molar refractivity (Wildman–Crippen MR) is 162 cm³/mol. The van der Waals surface area contributed by atoms with Crippen LogP contribution in [0.5, 0.6) is 0 Å². The van der Waals surface area contributed by atoms with Crippen LogP contribution in [0.1, 0.15) is 43.4 Å². The summed E-state index contributed by atoms with van der Waals surface area (Å²) in [6.07, 6.45) is -0.979. The summed E-state index contributed by atoms with van der Waals surface area (Å²) < 4.78 is 16.1. The third kappa shape index (κ3) is 4.52. The first kappa shape index (κ1) is 30.4. The molecule has 1 unspecified atom stereocenters. The highest BCUT2D eigenvalue weighted by molar-refractivity contribution is 5.91. The van der Waals surface area contributed by atoms with Gasteiger partial charge in [0.2, 0.25) is 5.41 Å². The van der Waals surface area contributed by atoms with E-state index in [0.29, 0.717) is 5.39 Å². The van der Waals surface area contributed by atoms with Gasteiger partial charge in [0.15, 0.2) is 5.41 Å². The molecule has 5 rings (SSSR count). The number of carbonyl (C=O) groups is 1. The molecule has 12 nitrogen and oxygen atoms in total. The SMILES string of the molecule is CCOC(=O)Nc1ccc2c3c(c(=O)oc2c1)C(C#N)(C#N)C(C#N)(C#N)C(c1cc2ccc(N(CC)CC)cc2oc1=O)C3. The minimum Gasteiger partial charge on any atom is -0.450 e. The lowest BCUT2D eigenvalue weighted by atomic mass is 9.50. The summed E-state index contributed by atoms with van der Waals surface area (Å²) in [4.78, 5) is 41.1. The van der Waals surface area contributed by atoms with Gasteiger partial charge in [-0.15, -0.1) is 0 Å². The molecule has 0 aliphatic heterocycles. The van der Waals surface area contributed by atoms with Crippen LogP contribution in [0.3, 0.4) is 0 Å². The van der Waals surface area contributed by atoms with E-state index in [1.807, 2.05) is 32.1 Å². The van der Waals surface area contributed by atoms with Crippen molar-refractivity contribution >= 4 is 39.4 Å². The monoisotopic (exact) mass is 602 g/mol. The highest BCUT2D eigenvalue weighted by atomic mass is 16.5. The molecule has 224 valence electrons. The number of anilines is 2. The fourth-order valence-corrected chi connectivity index (χ4v) is 6.18. The van der Waals surface area contributed by atoms with Crippen molar-refractivity contribution in [3.8, 4) is 24.3 Å². The summed E-state index contributed by atoms with van der Waals surface area (Å²) in [6.45, 7) is 7.22. The average molecular weight is 603 g/mol. The van der Waals surface area contributed by atoms with Gasteiger partial charge in [-0.3, -0.25) is 5.32 Å². The lowest BCUT2D eigenvalue weighted by molar-refractivity contribution is 0.168. The van der Waals surface area contributed by atoms with Crippen LogP contribution in [0.4, 0.5) is 16.2 Å². The van der Waals surface area contributed by atoms with Gasteiger partial charge in [-0.25, -0.2) is 14.4 Å². The molecule has 0 spiro atoms. The number of amides is 1. The van der Waals surface area contributed by atoms with E-state index in [1.165, 1.54) is 24.3 Å². The topological polar surface area (TPSA) is 197 Å². The second-order valence-corrected chi connectivity index (χ2v) is 10.4. The number of hydrogen-bond donors (Lipinski definition) is 1. The largest absolute Gasteiger partial charge is 0.450 e. The molecule has 1 amide bonds. The number of nitriles is 4. The zero-order valence-corrected chi connectivity index (χ0v) is 24.6. The Morgan fingerprint density at radius 2 is 1.62 bits per heavy atom. The van der Waals surface area contributed by atoms with Gasteiger partial charge >= 0.3 is 17.3 Å². The lowest BCUT2D eigenvalue weighted by Gasteiger charge is -2.42. The molecule has 2 aromatic heterocycles. The molecule has 4 aromatic rings. The molecule has 45 heavy (non-hydrogen) atoms. The third-order valence-corrected chi connectivity index (χ3v) is 8.37. The van der Waals surface area contributed by atoms with Crippen molar-refractivity contribution < 1.29 is 18.4 Å². The van der Waals surface area contributed by atoms with E-state index in [0.717, 1.165) is 18.8 Å². The van der Waals surface area contributed by atoms with Gasteiger partial charge in [0.25, 0.3) is 0 Å². The van der Waals surface area contributed by atoms with Gasteiger partial charge in [0.1, 0.15) is 11.2 Å². The molecule has 0 saturated carbocycles. The highest BCUT2D eigenvalue weighted by Crippen LogP contribution is 2.56. The molecular weight excluding hydrogens is 576 g/mol. The molecular formula is C33H26N6O6. The summed E-state index contributed by atoms with van der Waals surface area (Å²) in [6, 6.07) is 18.5. The summed E-state index contributed by atoms with van der Waals surface area (Å²) in [5, 5.41) is 45.3. The van der Waals surface area contributed by atoms with Crippen LogP contribution >= 0.6 is 0 Å². The minimum atomic E-state index is -2.64. The Morgan fingerprint density at radius 1 is 0.933 bits per heavy atom. The van der Waals surface area contributed by atoms with Crippen LogP contribution in [0.15, 0.2) is 60.9 Å². The van der Waals surface area contributed by atoms with E-state index >= 15 is 0 Å². The molecule has 2 heterocycles. The number of hydrogen-bond acceptors (Lipinski definition) is 11. The fraction of sp³-hybridized carbons (Fsp3) is 0.303. The van der Waals surface area contributed by atoms with Crippen molar-refractivity contribution in [2.75, 3.05) is 29.9 Å². The standard InChI is InChI=1S/C33H26N6O6/c1-4-39(5-2)21-9-7-19-11-24(29(40)44-26(19)13-21)25-14-23-22-10-8-20(38-31(42)43-6-3)12-27(22)45-30(41)28(23)33(17-36,18-37)32(25,15-34)16-35/h7-13,25H,4-6,14H2,1-3H3,(H,38,42). The Hall–Kier alpha value is -6.11. The molecule has 1 aliphatic carbocycles. The van der Waals surface area contributed by atoms with E-state index in [4.69, 9.17) is 13.6 Å². The van der Waals surface area contributed by atoms with E-state index < -0.39 is 39.7 Å². The Balaban J connectivity index is 1.78. The van der Waals surface area contributed by atoms with Gasteiger partial charge in [-0.1, -0.05) is 0 Å². The van der Waals surface area contributed by atoms with Crippen LogP contribution < -0.4 is 21.5 Å². The van der Waals surface area contributed by atoms with Crippen LogP contribution in [0, 0.1) is 50.7 Å². The Labute approximate surface area is 256 Å². The molecule has 0 fully saturated rings. The summed E-state index contributed by atoms with van der Waals surface area (Å²) in [5.74, 6) is -1.36. The fourth-order valence-electron chi connectivity index (χ4n) is 6.18. The number of ether oxygens (including phenoxy) is 1. The van der Waals surface area contributed by atoms with Crippen LogP contribution in [0.2, 0.25) is 0 Å². The smallest absolute Gasteiger partial charge is 0.411 e. The van der Waals surface area contributed by atoms with Crippen molar-refractivity contribution in [3.63, 3.8) is 0 Å². The van der Waals surface area contributed by atoms with E-state index in [9.17, 15) is 35.4 Å². The Bertz CT molecular complexity index is 2120. The Morgan fingerprint density at radius 3 is 2.24 bits per heavy atom. The van der Waals surface area contributed by atoms with Crippen molar-refractivity contribution in [1.29, 1.82) is 21.0 Å². The number of benzene rings is 2. The maximum atomic E-state index is 13.6. The first-order valence-corrected chi connectivity index (χ1v) is 14.2. The second kappa shape index (κ2) is 11.5. The normalized spacial score (nSPS) is 15.9. The van der Waals surface area contributed by atoms with Crippen molar-refractivity contribution in [1.82, 2.24) is 0 Å². The van der Waals surface area contributed by atoms with Gasteiger partial charge < -0.3 is 18.5 Å². The van der Waals surface area contributed by atoms with Gasteiger partial charge in [0, 0.05) is 58.9 Å². The van der Waals surface area contributed by atoms with Gasteiger partial charge in [0.05, 0.1) is 36.4 Å². The van der Waals surface area contributed by atoms with Crippen molar-refractivity contribution in [2.24, 2.45) is 5.41 Å². The van der Waals surface area contributed by atoms with Crippen molar-refractivity contribution in [3.05, 3.63) is 80.0 Å². The lowest BCUT2D eigenvalue weighted by Crippen LogP contribution is -2.53. The summed E-state index contributed by atoms with van der Waals surface area (Å²) in [5.41, 5.74) is -6.10. The van der Waals surface area contributed by atoms with Crippen LogP contribution in [0.25, 0.3) is 21.9 Å².